The van der Waals surface area contributed by atoms with Gasteiger partial charge in [-0.25, -0.2) is 12.4 Å². The third-order valence-electron chi connectivity index (χ3n) is 6.52. The Morgan fingerprint density at radius 2 is 1.68 bits per heavy atom. The molecule has 5 nitrogen and oxygen atoms in total. The lowest BCUT2D eigenvalue weighted by Crippen LogP contribution is -2.12. The highest BCUT2D eigenvalue weighted by atomic mass is 32.2. The highest BCUT2D eigenvalue weighted by molar-refractivity contribution is 7.90. The molecule has 0 saturated carbocycles. The molecule has 0 aliphatic rings. The fraction of sp³-hybridized carbons (Fsp3) is 0.129. The number of hydrogen-bond donors (Lipinski definition) is 1. The summed E-state index contributed by atoms with van der Waals surface area (Å²) in [7, 11) is -3.80. The number of aromatic nitrogens is 1. The molecule has 0 bridgehead atoms. The molecule has 5 aromatic rings. The van der Waals surface area contributed by atoms with Crippen LogP contribution >= 0.6 is 0 Å². The van der Waals surface area contributed by atoms with E-state index in [1.807, 2.05) is 79.7 Å². The summed E-state index contributed by atoms with van der Waals surface area (Å²) in [6, 6.07) is 28.5. The van der Waals surface area contributed by atoms with Gasteiger partial charge in [0, 0.05) is 18.1 Å². The monoisotopic (exact) mass is 509 g/mol. The number of ether oxygens (including phenoxy) is 1. The highest BCUT2D eigenvalue weighted by Gasteiger charge is 2.21. The number of benzene rings is 4. The molecule has 0 aliphatic carbocycles. The topological polar surface area (TPSA) is 74.3 Å². The fourth-order valence-corrected chi connectivity index (χ4v) is 5.85. The summed E-state index contributed by atoms with van der Waals surface area (Å²) in [6.45, 7) is 6.63. The van der Waals surface area contributed by atoms with Crippen molar-refractivity contribution < 1.29 is 13.2 Å². The van der Waals surface area contributed by atoms with Crippen molar-refractivity contribution in [2.45, 2.75) is 31.4 Å². The van der Waals surface area contributed by atoms with Gasteiger partial charge < -0.3 is 10.5 Å². The standard InChI is InChI=1S/C31H29N2O3S/c1-3-25-8-4-5-10-31(25)36-21-24-18-29(26-9-6-7-23(17-26)20-32)28-15-16-33(30(28)19-24)37(34,35)27-13-11-22(2)12-14-27/h4-19H,1,3,20-21,32H2,2H3. The minimum Gasteiger partial charge on any atom is -0.489 e. The normalized spacial score (nSPS) is 11.6. The molecule has 1 aromatic heterocycles. The SMILES string of the molecule is [CH2]Cc1ccccc1OCc1cc(-c2cccc(CN)c2)c2ccn(S(=O)(=O)c3ccc(C)cc3)c2c1. The minimum absolute atomic E-state index is 0.244. The van der Waals surface area contributed by atoms with Gasteiger partial charge in [0.1, 0.15) is 12.4 Å². The number of nitrogens with zero attached hydrogens (tertiary/aromatic N) is 1. The van der Waals surface area contributed by atoms with Crippen LogP contribution in [0.3, 0.4) is 0 Å². The molecule has 6 heteroatoms. The lowest BCUT2D eigenvalue weighted by Gasteiger charge is -2.14. The maximum atomic E-state index is 13.7. The number of fused-ring (bicyclic) bond motifs is 1. The van der Waals surface area contributed by atoms with Gasteiger partial charge in [-0.05, 0) is 90.6 Å². The van der Waals surface area contributed by atoms with Crippen LogP contribution in [0.25, 0.3) is 22.0 Å². The predicted molar refractivity (Wildman–Crippen MR) is 149 cm³/mol. The molecule has 2 N–H and O–H groups in total. The average molecular weight is 510 g/mol. The molecule has 4 aromatic carbocycles. The smallest absolute Gasteiger partial charge is 0.268 e. The Labute approximate surface area is 218 Å². The van der Waals surface area contributed by atoms with E-state index >= 15 is 0 Å². The van der Waals surface area contributed by atoms with Gasteiger partial charge in [0.15, 0.2) is 0 Å². The summed E-state index contributed by atoms with van der Waals surface area (Å²) in [5, 5.41) is 0.840. The van der Waals surface area contributed by atoms with E-state index in [1.54, 1.807) is 18.3 Å². The van der Waals surface area contributed by atoms with Gasteiger partial charge in [-0.15, -0.1) is 0 Å². The Morgan fingerprint density at radius 1 is 0.892 bits per heavy atom. The van der Waals surface area contributed by atoms with Crippen molar-refractivity contribution in [1.82, 2.24) is 3.97 Å². The van der Waals surface area contributed by atoms with Crippen LogP contribution < -0.4 is 10.5 Å². The summed E-state index contributed by atoms with van der Waals surface area (Å²) >= 11 is 0. The first-order valence-corrected chi connectivity index (χ1v) is 13.6. The van der Waals surface area contributed by atoms with Crippen molar-refractivity contribution in [3.8, 4) is 16.9 Å². The molecule has 5 rings (SSSR count). The second kappa shape index (κ2) is 10.2. The van der Waals surface area contributed by atoms with Crippen molar-refractivity contribution in [1.29, 1.82) is 0 Å². The van der Waals surface area contributed by atoms with Gasteiger partial charge in [0.2, 0.25) is 0 Å². The van der Waals surface area contributed by atoms with E-state index in [0.717, 1.165) is 44.5 Å². The van der Waals surface area contributed by atoms with E-state index in [-0.39, 0.29) is 11.5 Å². The second-order valence-corrected chi connectivity index (χ2v) is 10.9. The van der Waals surface area contributed by atoms with E-state index < -0.39 is 10.0 Å². The van der Waals surface area contributed by atoms with Crippen LogP contribution in [0.2, 0.25) is 0 Å². The van der Waals surface area contributed by atoms with Gasteiger partial charge >= 0.3 is 0 Å². The van der Waals surface area contributed by atoms with E-state index in [1.165, 1.54) is 3.97 Å². The van der Waals surface area contributed by atoms with Crippen LogP contribution in [0.1, 0.15) is 22.3 Å². The van der Waals surface area contributed by atoms with Crippen LogP contribution in [-0.2, 0) is 29.6 Å². The van der Waals surface area contributed by atoms with Crippen molar-refractivity contribution in [3.05, 3.63) is 126 Å². The van der Waals surface area contributed by atoms with Crippen LogP contribution in [0.15, 0.2) is 102 Å². The molecule has 0 amide bonds. The Balaban J connectivity index is 1.65. The van der Waals surface area contributed by atoms with Crippen molar-refractivity contribution in [2.75, 3.05) is 0 Å². The summed E-state index contributed by atoms with van der Waals surface area (Å²) in [5.41, 5.74) is 12.3. The molecule has 0 fully saturated rings. The van der Waals surface area contributed by atoms with Crippen LogP contribution in [0.4, 0.5) is 0 Å². The fourth-order valence-electron chi connectivity index (χ4n) is 4.51. The molecule has 1 radical (unpaired) electrons. The largest absolute Gasteiger partial charge is 0.489 e. The van der Waals surface area contributed by atoms with Crippen molar-refractivity contribution in [2.24, 2.45) is 5.73 Å². The average Bonchev–Trinajstić information content (AvgIpc) is 3.37. The first-order valence-electron chi connectivity index (χ1n) is 12.2. The molecule has 37 heavy (non-hydrogen) atoms. The number of hydrogen-bond acceptors (Lipinski definition) is 4. The zero-order valence-corrected chi connectivity index (χ0v) is 21.5. The zero-order valence-electron chi connectivity index (χ0n) is 20.7. The van der Waals surface area contributed by atoms with Gasteiger partial charge in [-0.3, -0.25) is 0 Å². The lowest BCUT2D eigenvalue weighted by atomic mass is 9.97. The summed E-state index contributed by atoms with van der Waals surface area (Å²) in [6.07, 6.45) is 2.24. The van der Waals surface area contributed by atoms with Gasteiger partial charge in [-0.2, -0.15) is 0 Å². The van der Waals surface area contributed by atoms with Crippen LogP contribution in [0.5, 0.6) is 5.75 Å². The Morgan fingerprint density at radius 3 is 2.43 bits per heavy atom. The molecule has 187 valence electrons. The molecule has 0 saturated heterocycles. The Kier molecular flexibility index (Phi) is 6.87. The summed E-state index contributed by atoms with van der Waals surface area (Å²) in [4.78, 5) is 0.244. The number of para-hydroxylation sites is 1. The molecule has 1 heterocycles. The Hall–Kier alpha value is -3.87. The van der Waals surface area contributed by atoms with Crippen molar-refractivity contribution in [3.63, 3.8) is 0 Å². The van der Waals surface area contributed by atoms with E-state index in [4.69, 9.17) is 10.5 Å². The minimum atomic E-state index is -3.80. The first kappa shape index (κ1) is 24.8. The summed E-state index contributed by atoms with van der Waals surface area (Å²) in [5.74, 6) is 0.770. The maximum Gasteiger partial charge on any atom is 0.268 e. The summed E-state index contributed by atoms with van der Waals surface area (Å²) < 4.78 is 34.8. The number of rotatable bonds is 8. The lowest BCUT2D eigenvalue weighted by molar-refractivity contribution is 0.303. The van der Waals surface area contributed by atoms with E-state index in [9.17, 15) is 8.42 Å². The third kappa shape index (κ3) is 4.90. The van der Waals surface area contributed by atoms with Crippen molar-refractivity contribution >= 4 is 20.9 Å². The molecule has 0 unspecified atom stereocenters. The number of nitrogens with two attached hydrogens (primary N) is 1. The second-order valence-electron chi connectivity index (χ2n) is 9.06. The molecule has 0 aliphatic heterocycles. The third-order valence-corrected chi connectivity index (χ3v) is 8.22. The predicted octanol–water partition coefficient (Wildman–Crippen LogP) is 6.27. The van der Waals surface area contributed by atoms with Crippen LogP contribution in [0, 0.1) is 13.8 Å². The Bertz CT molecular complexity index is 1670. The van der Waals surface area contributed by atoms with Gasteiger partial charge in [0.05, 0.1) is 10.4 Å². The van der Waals surface area contributed by atoms with E-state index in [2.05, 4.69) is 13.0 Å². The van der Waals surface area contributed by atoms with Gasteiger partial charge in [-0.1, -0.05) is 54.1 Å². The first-order chi connectivity index (χ1) is 17.9. The van der Waals surface area contributed by atoms with Gasteiger partial charge in [0.25, 0.3) is 10.0 Å². The zero-order chi connectivity index (χ0) is 26.0. The highest BCUT2D eigenvalue weighted by Crippen LogP contribution is 2.34. The molecular weight excluding hydrogens is 480 g/mol. The van der Waals surface area contributed by atoms with E-state index in [0.29, 0.717) is 18.5 Å². The molecule has 0 atom stereocenters. The molecular formula is C31H29N2O3S. The number of aryl methyl sites for hydroxylation is 1. The quantitative estimate of drug-likeness (QED) is 0.268. The maximum absolute atomic E-state index is 13.7. The molecule has 0 spiro atoms. The van der Waals surface area contributed by atoms with Crippen LogP contribution in [-0.4, -0.2) is 12.4 Å².